The zero-order valence-electron chi connectivity index (χ0n) is 8.05. The fourth-order valence-electron chi connectivity index (χ4n) is 1.10. The minimum atomic E-state index is 0.236. The summed E-state index contributed by atoms with van der Waals surface area (Å²) in [4.78, 5) is 0. The third kappa shape index (κ3) is 9.88. The average Bonchev–Trinajstić information content (AvgIpc) is 2.02. The summed E-state index contributed by atoms with van der Waals surface area (Å²) < 4.78 is 0. The second kappa shape index (κ2) is 8.97. The van der Waals surface area contributed by atoms with Gasteiger partial charge in [0.2, 0.25) is 0 Å². The van der Waals surface area contributed by atoms with Crippen LogP contribution in [-0.4, -0.2) is 30.8 Å². The van der Waals surface area contributed by atoms with Gasteiger partial charge < -0.3 is 16.2 Å². The van der Waals surface area contributed by atoms with Gasteiger partial charge in [-0.25, -0.2) is 0 Å². The molecule has 0 aromatic rings. The largest absolute Gasteiger partial charge is 0.395 e. The number of nitrogens with one attached hydrogen (secondary N) is 1. The molecule has 0 bridgehead atoms. The Morgan fingerprint density at radius 3 is 2.58 bits per heavy atom. The number of aliphatic hydroxyl groups excluding tert-OH is 1. The van der Waals surface area contributed by atoms with Crippen LogP contribution in [0.3, 0.4) is 0 Å². The minimum absolute atomic E-state index is 0.236. The fraction of sp³-hybridized carbons (Fsp3) is 1.00. The van der Waals surface area contributed by atoms with Crippen molar-refractivity contribution in [3.63, 3.8) is 0 Å². The normalized spacial score (nSPS) is 13.2. The summed E-state index contributed by atoms with van der Waals surface area (Å²) in [5.74, 6) is 0. The van der Waals surface area contributed by atoms with Crippen molar-refractivity contribution >= 4 is 0 Å². The van der Waals surface area contributed by atoms with E-state index < -0.39 is 0 Å². The summed E-state index contributed by atoms with van der Waals surface area (Å²) >= 11 is 0. The molecule has 0 spiro atoms. The molecule has 0 aliphatic rings. The Kier molecular flexibility index (Phi) is 8.88. The molecule has 3 heteroatoms. The van der Waals surface area contributed by atoms with Crippen molar-refractivity contribution in [2.45, 2.75) is 38.6 Å². The van der Waals surface area contributed by atoms with Gasteiger partial charge in [-0.05, 0) is 26.3 Å². The Bertz CT molecular complexity index is 86.6. The van der Waals surface area contributed by atoms with Gasteiger partial charge in [0, 0.05) is 12.6 Å². The maximum Gasteiger partial charge on any atom is 0.0555 e. The molecule has 0 rings (SSSR count). The lowest BCUT2D eigenvalue weighted by Gasteiger charge is -2.04. The first-order valence-electron chi connectivity index (χ1n) is 4.84. The molecular weight excluding hydrogens is 152 g/mol. The third-order valence-corrected chi connectivity index (χ3v) is 1.80. The lowest BCUT2D eigenvalue weighted by molar-refractivity contribution is 0.292. The van der Waals surface area contributed by atoms with Gasteiger partial charge in [-0.1, -0.05) is 12.8 Å². The molecule has 0 saturated heterocycles. The second-order valence-corrected chi connectivity index (χ2v) is 3.30. The highest BCUT2D eigenvalue weighted by Gasteiger charge is 1.93. The van der Waals surface area contributed by atoms with Crippen molar-refractivity contribution in [2.24, 2.45) is 5.73 Å². The molecule has 0 fully saturated rings. The van der Waals surface area contributed by atoms with Crippen LogP contribution < -0.4 is 11.1 Å². The number of unbranched alkanes of at least 4 members (excludes halogenated alkanes) is 2. The van der Waals surface area contributed by atoms with Gasteiger partial charge >= 0.3 is 0 Å². The lowest BCUT2D eigenvalue weighted by Crippen LogP contribution is -2.19. The summed E-state index contributed by atoms with van der Waals surface area (Å²) in [5, 5.41) is 11.6. The monoisotopic (exact) mass is 174 g/mol. The average molecular weight is 174 g/mol. The van der Waals surface area contributed by atoms with Gasteiger partial charge in [-0.3, -0.25) is 0 Å². The third-order valence-electron chi connectivity index (χ3n) is 1.80. The highest BCUT2D eigenvalue weighted by Crippen LogP contribution is 2.00. The zero-order valence-corrected chi connectivity index (χ0v) is 8.05. The second-order valence-electron chi connectivity index (χ2n) is 3.30. The Labute approximate surface area is 75.3 Å². The SMILES string of the molecule is CC(N)CCCCCNCCO. The van der Waals surface area contributed by atoms with Crippen molar-refractivity contribution in [1.82, 2.24) is 5.32 Å². The van der Waals surface area contributed by atoms with E-state index in [1.54, 1.807) is 0 Å². The van der Waals surface area contributed by atoms with Crippen LogP contribution in [0.25, 0.3) is 0 Å². The first-order valence-corrected chi connectivity index (χ1v) is 4.84. The molecule has 4 N–H and O–H groups in total. The number of nitrogens with two attached hydrogens (primary N) is 1. The number of hydrogen-bond acceptors (Lipinski definition) is 3. The van der Waals surface area contributed by atoms with Crippen LogP contribution >= 0.6 is 0 Å². The van der Waals surface area contributed by atoms with E-state index in [1.165, 1.54) is 19.3 Å². The number of hydrogen-bond donors (Lipinski definition) is 3. The molecular formula is C9H22N2O. The van der Waals surface area contributed by atoms with Crippen molar-refractivity contribution in [1.29, 1.82) is 0 Å². The van der Waals surface area contributed by atoms with E-state index in [1.807, 2.05) is 6.92 Å². The van der Waals surface area contributed by atoms with Gasteiger partial charge in [0.15, 0.2) is 0 Å². The molecule has 1 atom stereocenters. The lowest BCUT2D eigenvalue weighted by atomic mass is 10.1. The predicted octanol–water partition coefficient (Wildman–Crippen LogP) is 0.476. The molecule has 74 valence electrons. The van der Waals surface area contributed by atoms with Gasteiger partial charge in [0.25, 0.3) is 0 Å². The van der Waals surface area contributed by atoms with Gasteiger partial charge in [-0.2, -0.15) is 0 Å². The maximum atomic E-state index is 8.46. The Morgan fingerprint density at radius 1 is 1.25 bits per heavy atom. The Hall–Kier alpha value is -0.120. The topological polar surface area (TPSA) is 58.3 Å². The van der Waals surface area contributed by atoms with E-state index in [9.17, 15) is 0 Å². The van der Waals surface area contributed by atoms with Crippen LogP contribution in [0.15, 0.2) is 0 Å². The molecule has 12 heavy (non-hydrogen) atoms. The van der Waals surface area contributed by atoms with Crippen molar-refractivity contribution < 1.29 is 5.11 Å². The Morgan fingerprint density at radius 2 is 2.00 bits per heavy atom. The van der Waals surface area contributed by atoms with E-state index in [0.717, 1.165) is 13.0 Å². The first kappa shape index (κ1) is 11.9. The molecule has 0 aromatic heterocycles. The molecule has 0 aliphatic carbocycles. The van der Waals surface area contributed by atoms with Crippen LogP contribution in [-0.2, 0) is 0 Å². The Balaban J connectivity index is 2.82. The standard InChI is InChI=1S/C9H22N2O/c1-9(10)5-3-2-4-6-11-7-8-12/h9,11-12H,2-8,10H2,1H3. The summed E-state index contributed by atoms with van der Waals surface area (Å²) in [7, 11) is 0. The van der Waals surface area contributed by atoms with Crippen molar-refractivity contribution in [3.8, 4) is 0 Å². The minimum Gasteiger partial charge on any atom is -0.395 e. The van der Waals surface area contributed by atoms with Crippen molar-refractivity contribution in [2.75, 3.05) is 19.7 Å². The zero-order chi connectivity index (χ0) is 9.23. The predicted molar refractivity (Wildman–Crippen MR) is 52.1 cm³/mol. The van der Waals surface area contributed by atoms with E-state index in [-0.39, 0.29) is 6.61 Å². The summed E-state index contributed by atoms with van der Waals surface area (Å²) in [6, 6.07) is 0.343. The summed E-state index contributed by atoms with van der Waals surface area (Å²) in [6.07, 6.45) is 4.77. The van der Waals surface area contributed by atoms with Crippen LogP contribution in [0.5, 0.6) is 0 Å². The molecule has 0 heterocycles. The van der Waals surface area contributed by atoms with Crippen molar-refractivity contribution in [3.05, 3.63) is 0 Å². The molecule has 0 radical (unpaired) electrons. The highest BCUT2D eigenvalue weighted by atomic mass is 16.3. The van der Waals surface area contributed by atoms with Crippen LogP contribution in [0.4, 0.5) is 0 Å². The quantitative estimate of drug-likeness (QED) is 0.469. The fourth-order valence-corrected chi connectivity index (χ4v) is 1.10. The molecule has 1 unspecified atom stereocenters. The molecule has 0 saturated carbocycles. The van der Waals surface area contributed by atoms with E-state index in [2.05, 4.69) is 5.32 Å². The van der Waals surface area contributed by atoms with Crippen LogP contribution in [0, 0.1) is 0 Å². The summed E-state index contributed by atoms with van der Waals surface area (Å²) in [6.45, 7) is 4.01. The van der Waals surface area contributed by atoms with Gasteiger partial charge in [-0.15, -0.1) is 0 Å². The first-order chi connectivity index (χ1) is 5.77. The van der Waals surface area contributed by atoms with E-state index in [4.69, 9.17) is 10.8 Å². The molecule has 0 aromatic carbocycles. The summed E-state index contributed by atoms with van der Waals surface area (Å²) in [5.41, 5.74) is 5.61. The highest BCUT2D eigenvalue weighted by molar-refractivity contribution is 4.54. The van der Waals surface area contributed by atoms with Gasteiger partial charge in [0.1, 0.15) is 0 Å². The van der Waals surface area contributed by atoms with E-state index in [0.29, 0.717) is 12.6 Å². The van der Waals surface area contributed by atoms with Crippen LogP contribution in [0.2, 0.25) is 0 Å². The molecule has 0 aliphatic heterocycles. The van der Waals surface area contributed by atoms with Gasteiger partial charge in [0.05, 0.1) is 6.61 Å². The molecule has 0 amide bonds. The van der Waals surface area contributed by atoms with E-state index >= 15 is 0 Å². The maximum absolute atomic E-state index is 8.46. The smallest absolute Gasteiger partial charge is 0.0555 e. The number of aliphatic hydroxyl groups is 1. The van der Waals surface area contributed by atoms with Crippen LogP contribution in [0.1, 0.15) is 32.6 Å². The number of rotatable bonds is 8. The molecule has 3 nitrogen and oxygen atoms in total.